The molecule has 0 aromatic carbocycles. The highest BCUT2D eigenvalue weighted by Crippen LogP contribution is 2.40. The third kappa shape index (κ3) is 2.14. The molecule has 3 nitrogen and oxygen atoms in total. The predicted molar refractivity (Wildman–Crippen MR) is 61.6 cm³/mol. The van der Waals surface area contributed by atoms with Gasteiger partial charge in [0.15, 0.2) is 0 Å². The van der Waals surface area contributed by atoms with E-state index in [-0.39, 0.29) is 0 Å². The van der Waals surface area contributed by atoms with Crippen molar-refractivity contribution in [3.05, 3.63) is 23.8 Å². The number of nitrogens with one attached hydrogen (secondary N) is 1. The van der Waals surface area contributed by atoms with Crippen molar-refractivity contribution in [2.45, 2.75) is 38.5 Å². The summed E-state index contributed by atoms with van der Waals surface area (Å²) in [6, 6.07) is 0. The second-order valence-electron chi connectivity index (χ2n) is 4.02. The van der Waals surface area contributed by atoms with Gasteiger partial charge in [0.2, 0.25) is 5.79 Å². The number of rotatable bonds is 5. The molecule has 2 atom stereocenters. The minimum absolute atomic E-state index is 0.392. The standard InChI is InChI=1S/C12H21NO2/c1-5-7-10(8-6-2)11(3,13-4)12(14)9-15-12/h5,7-8,13-14H,6,9H2,1-4H3. The first-order valence-corrected chi connectivity index (χ1v) is 5.42. The molecule has 0 radical (unpaired) electrons. The number of likely N-dealkylation sites (N-methyl/N-ethyl adjacent to an activating group) is 1. The van der Waals surface area contributed by atoms with Crippen LogP contribution in [0.25, 0.3) is 0 Å². The van der Waals surface area contributed by atoms with E-state index < -0.39 is 11.3 Å². The molecular formula is C12H21NO2. The number of epoxide rings is 1. The highest BCUT2D eigenvalue weighted by Gasteiger charge is 2.58. The molecule has 0 bridgehead atoms. The third-order valence-corrected chi connectivity index (χ3v) is 3.05. The molecule has 15 heavy (non-hydrogen) atoms. The Bertz CT molecular complexity index is 279. The van der Waals surface area contributed by atoms with Gasteiger partial charge in [-0.1, -0.05) is 25.2 Å². The van der Waals surface area contributed by atoms with Crippen molar-refractivity contribution >= 4 is 0 Å². The summed E-state index contributed by atoms with van der Waals surface area (Å²) in [6.45, 7) is 6.40. The fourth-order valence-electron chi connectivity index (χ4n) is 1.76. The number of allylic oxidation sites excluding steroid dienone is 2. The van der Waals surface area contributed by atoms with Crippen LogP contribution in [0, 0.1) is 0 Å². The quantitative estimate of drug-likeness (QED) is 0.536. The van der Waals surface area contributed by atoms with Crippen LogP contribution in [0.5, 0.6) is 0 Å². The second-order valence-corrected chi connectivity index (χ2v) is 4.02. The first-order chi connectivity index (χ1) is 7.04. The molecule has 0 amide bonds. The van der Waals surface area contributed by atoms with Crippen molar-refractivity contribution in [1.82, 2.24) is 5.32 Å². The van der Waals surface area contributed by atoms with E-state index in [9.17, 15) is 5.11 Å². The fourth-order valence-corrected chi connectivity index (χ4v) is 1.76. The molecule has 1 saturated heterocycles. The van der Waals surface area contributed by atoms with E-state index in [1.165, 1.54) is 0 Å². The Kier molecular flexibility index (Phi) is 3.71. The molecule has 1 aliphatic rings. The lowest BCUT2D eigenvalue weighted by Gasteiger charge is -2.33. The molecule has 2 unspecified atom stereocenters. The first-order valence-electron chi connectivity index (χ1n) is 5.42. The van der Waals surface area contributed by atoms with E-state index in [1.807, 2.05) is 33.0 Å². The molecule has 0 saturated carbocycles. The maximum Gasteiger partial charge on any atom is 0.212 e. The Hall–Kier alpha value is -0.640. The maximum absolute atomic E-state index is 10.1. The van der Waals surface area contributed by atoms with Crippen LogP contribution in [0.4, 0.5) is 0 Å². The topological polar surface area (TPSA) is 44.8 Å². The fraction of sp³-hybridized carbons (Fsp3) is 0.667. The predicted octanol–water partition coefficient (Wildman–Crippen LogP) is 1.60. The highest BCUT2D eigenvalue weighted by molar-refractivity contribution is 5.35. The number of hydrogen-bond acceptors (Lipinski definition) is 3. The third-order valence-electron chi connectivity index (χ3n) is 3.05. The summed E-state index contributed by atoms with van der Waals surface area (Å²) in [6.07, 6.45) is 7.03. The minimum atomic E-state index is -1.05. The molecule has 1 aliphatic heterocycles. The van der Waals surface area contributed by atoms with Crippen LogP contribution >= 0.6 is 0 Å². The molecule has 0 aromatic rings. The Morgan fingerprint density at radius 1 is 1.67 bits per heavy atom. The summed E-state index contributed by atoms with van der Waals surface area (Å²) in [4.78, 5) is 0. The van der Waals surface area contributed by atoms with Crippen LogP contribution < -0.4 is 5.32 Å². The van der Waals surface area contributed by atoms with Gasteiger partial charge >= 0.3 is 0 Å². The largest absolute Gasteiger partial charge is 0.362 e. The van der Waals surface area contributed by atoms with E-state index >= 15 is 0 Å². The lowest BCUT2D eigenvalue weighted by atomic mass is 9.85. The molecule has 0 spiro atoms. The summed E-state index contributed by atoms with van der Waals surface area (Å²) in [5, 5.41) is 13.3. The van der Waals surface area contributed by atoms with Crippen LogP contribution in [-0.2, 0) is 4.74 Å². The molecule has 0 aromatic heterocycles. The molecule has 0 aliphatic carbocycles. The van der Waals surface area contributed by atoms with Gasteiger partial charge in [0.05, 0.1) is 5.54 Å². The monoisotopic (exact) mass is 211 g/mol. The second kappa shape index (κ2) is 4.47. The summed E-state index contributed by atoms with van der Waals surface area (Å²) < 4.78 is 5.14. The normalized spacial score (nSPS) is 30.6. The minimum Gasteiger partial charge on any atom is -0.362 e. The zero-order valence-electron chi connectivity index (χ0n) is 10.0. The van der Waals surface area contributed by atoms with Gasteiger partial charge < -0.3 is 15.2 Å². The van der Waals surface area contributed by atoms with Gasteiger partial charge in [-0.15, -0.1) is 0 Å². The van der Waals surface area contributed by atoms with Crippen molar-refractivity contribution in [2.24, 2.45) is 0 Å². The van der Waals surface area contributed by atoms with Crippen LogP contribution in [-0.4, -0.2) is 30.1 Å². The molecule has 1 rings (SSSR count). The lowest BCUT2D eigenvalue weighted by molar-refractivity contribution is -0.0236. The van der Waals surface area contributed by atoms with Crippen molar-refractivity contribution in [3.8, 4) is 0 Å². The highest BCUT2D eigenvalue weighted by atomic mass is 16.7. The van der Waals surface area contributed by atoms with Crippen LogP contribution in [0.3, 0.4) is 0 Å². The number of hydrogen-bond donors (Lipinski definition) is 2. The van der Waals surface area contributed by atoms with Gasteiger partial charge in [0.25, 0.3) is 0 Å². The lowest BCUT2D eigenvalue weighted by Crippen LogP contribution is -2.54. The van der Waals surface area contributed by atoms with E-state index in [1.54, 1.807) is 0 Å². The molecular weight excluding hydrogens is 190 g/mol. The van der Waals surface area contributed by atoms with E-state index in [0.29, 0.717) is 6.61 Å². The van der Waals surface area contributed by atoms with Crippen molar-refractivity contribution in [3.63, 3.8) is 0 Å². The van der Waals surface area contributed by atoms with E-state index in [0.717, 1.165) is 12.0 Å². The van der Waals surface area contributed by atoms with Crippen LogP contribution in [0.15, 0.2) is 23.8 Å². The Morgan fingerprint density at radius 3 is 2.60 bits per heavy atom. The van der Waals surface area contributed by atoms with E-state index in [4.69, 9.17) is 4.74 Å². The average molecular weight is 211 g/mol. The summed E-state index contributed by atoms with van der Waals surface area (Å²) >= 11 is 0. The first kappa shape index (κ1) is 12.4. The summed E-state index contributed by atoms with van der Waals surface area (Å²) in [5.41, 5.74) is 0.533. The average Bonchev–Trinajstić information content (AvgIpc) is 2.96. The SMILES string of the molecule is CC=CC(=CCC)C(C)(NC)C1(O)CO1. The number of aliphatic hydroxyl groups is 1. The zero-order chi connectivity index (χ0) is 11.5. The van der Waals surface area contributed by atoms with Gasteiger partial charge in [0.1, 0.15) is 6.61 Å². The molecule has 1 heterocycles. The molecule has 2 N–H and O–H groups in total. The molecule has 3 heteroatoms. The molecule has 1 fully saturated rings. The van der Waals surface area contributed by atoms with E-state index in [2.05, 4.69) is 18.3 Å². The van der Waals surface area contributed by atoms with Gasteiger partial charge in [-0.3, -0.25) is 0 Å². The van der Waals surface area contributed by atoms with Crippen LogP contribution in [0.2, 0.25) is 0 Å². The maximum atomic E-state index is 10.1. The van der Waals surface area contributed by atoms with Gasteiger partial charge in [-0.05, 0) is 32.9 Å². The summed E-state index contributed by atoms with van der Waals surface area (Å²) in [7, 11) is 1.84. The van der Waals surface area contributed by atoms with Gasteiger partial charge in [0, 0.05) is 0 Å². The van der Waals surface area contributed by atoms with Crippen molar-refractivity contribution in [2.75, 3.05) is 13.7 Å². The van der Waals surface area contributed by atoms with Gasteiger partial charge in [-0.2, -0.15) is 0 Å². The number of ether oxygens (including phenoxy) is 1. The smallest absolute Gasteiger partial charge is 0.212 e. The zero-order valence-corrected chi connectivity index (χ0v) is 10.0. The van der Waals surface area contributed by atoms with Crippen molar-refractivity contribution in [1.29, 1.82) is 0 Å². The Labute approximate surface area is 91.8 Å². The summed E-state index contributed by atoms with van der Waals surface area (Å²) in [5.74, 6) is -1.05. The van der Waals surface area contributed by atoms with Crippen LogP contribution in [0.1, 0.15) is 27.2 Å². The van der Waals surface area contributed by atoms with Crippen molar-refractivity contribution < 1.29 is 9.84 Å². The van der Waals surface area contributed by atoms with Gasteiger partial charge in [-0.25, -0.2) is 0 Å². The molecule has 86 valence electrons. The Morgan fingerprint density at radius 2 is 2.27 bits per heavy atom. The Balaban J connectivity index is 3.02.